The molecule has 0 spiro atoms. The van der Waals surface area contributed by atoms with Gasteiger partial charge in [-0.3, -0.25) is 4.79 Å². The van der Waals surface area contributed by atoms with Crippen LogP contribution in [0.5, 0.6) is 11.5 Å². The first-order valence-corrected chi connectivity index (χ1v) is 7.37. The van der Waals surface area contributed by atoms with E-state index < -0.39 is 23.2 Å². The predicted molar refractivity (Wildman–Crippen MR) is 83.7 cm³/mol. The van der Waals surface area contributed by atoms with Crippen LogP contribution in [-0.4, -0.2) is 17.7 Å². The molecule has 0 fully saturated rings. The maximum atomic E-state index is 13.6. The fraction of sp³-hybridized carbons (Fsp3) is 0.278. The minimum atomic E-state index is -1.19. The number of hydrogen-bond donors (Lipinski definition) is 1. The molecule has 1 unspecified atom stereocenters. The zero-order chi connectivity index (χ0) is 17.7. The van der Waals surface area contributed by atoms with Gasteiger partial charge in [-0.2, -0.15) is 0 Å². The van der Waals surface area contributed by atoms with Gasteiger partial charge in [-0.05, 0) is 36.8 Å². The smallest absolute Gasteiger partial charge is 0.302 e. The standard InChI is InChI=1S/C18H18F2O4/c1-12(21)23-10-9-18(2,22)13-3-6-15(7-4-13)24-17-8-5-14(19)11-16(17)20/h3-8,11,22H,9-10H2,1-2H3. The summed E-state index contributed by atoms with van der Waals surface area (Å²) in [4.78, 5) is 10.8. The van der Waals surface area contributed by atoms with Crippen LogP contribution in [0, 0.1) is 11.6 Å². The molecule has 4 nitrogen and oxygen atoms in total. The average molecular weight is 336 g/mol. The minimum absolute atomic E-state index is 0.0919. The van der Waals surface area contributed by atoms with Gasteiger partial charge in [0.25, 0.3) is 0 Å². The van der Waals surface area contributed by atoms with E-state index in [9.17, 15) is 18.7 Å². The van der Waals surface area contributed by atoms with Crippen LogP contribution >= 0.6 is 0 Å². The second-order valence-corrected chi connectivity index (χ2v) is 5.57. The highest BCUT2D eigenvalue weighted by atomic mass is 19.1. The van der Waals surface area contributed by atoms with Gasteiger partial charge in [0, 0.05) is 19.4 Å². The van der Waals surface area contributed by atoms with E-state index in [2.05, 4.69) is 0 Å². The van der Waals surface area contributed by atoms with E-state index in [0.717, 1.165) is 12.1 Å². The lowest BCUT2D eigenvalue weighted by atomic mass is 9.93. The summed E-state index contributed by atoms with van der Waals surface area (Å²) in [7, 11) is 0. The fourth-order valence-electron chi connectivity index (χ4n) is 2.10. The van der Waals surface area contributed by atoms with Crippen molar-refractivity contribution in [3.05, 3.63) is 59.7 Å². The largest absolute Gasteiger partial charge is 0.466 e. The zero-order valence-corrected chi connectivity index (χ0v) is 13.4. The van der Waals surface area contributed by atoms with Gasteiger partial charge in [-0.25, -0.2) is 8.78 Å². The summed E-state index contributed by atoms with van der Waals surface area (Å²) in [5.74, 6) is -1.63. The summed E-state index contributed by atoms with van der Waals surface area (Å²) >= 11 is 0. The Morgan fingerprint density at radius 1 is 1.17 bits per heavy atom. The number of rotatable bonds is 6. The Bertz CT molecular complexity index is 711. The molecule has 2 rings (SSSR count). The van der Waals surface area contributed by atoms with Crippen molar-refractivity contribution in [2.24, 2.45) is 0 Å². The van der Waals surface area contributed by atoms with Crippen LogP contribution < -0.4 is 4.74 Å². The fourth-order valence-corrected chi connectivity index (χ4v) is 2.10. The average Bonchev–Trinajstić information content (AvgIpc) is 2.50. The first-order valence-electron chi connectivity index (χ1n) is 7.37. The molecule has 0 aliphatic heterocycles. The Balaban J connectivity index is 2.05. The maximum Gasteiger partial charge on any atom is 0.302 e. The maximum absolute atomic E-state index is 13.6. The van der Waals surface area contributed by atoms with Crippen LogP contribution in [0.15, 0.2) is 42.5 Å². The topological polar surface area (TPSA) is 55.8 Å². The molecule has 0 amide bonds. The first kappa shape index (κ1) is 17.9. The lowest BCUT2D eigenvalue weighted by molar-refractivity contribution is -0.142. The van der Waals surface area contributed by atoms with Crippen molar-refractivity contribution in [1.29, 1.82) is 0 Å². The Morgan fingerprint density at radius 3 is 2.42 bits per heavy atom. The van der Waals surface area contributed by atoms with Crippen LogP contribution in [0.1, 0.15) is 25.8 Å². The van der Waals surface area contributed by atoms with Gasteiger partial charge < -0.3 is 14.6 Å². The van der Waals surface area contributed by atoms with E-state index in [1.165, 1.54) is 13.0 Å². The van der Waals surface area contributed by atoms with E-state index in [4.69, 9.17) is 9.47 Å². The molecule has 0 saturated carbocycles. The molecule has 0 aromatic heterocycles. The number of esters is 1. The van der Waals surface area contributed by atoms with Crippen molar-refractivity contribution in [3.8, 4) is 11.5 Å². The molecule has 0 heterocycles. The molecule has 1 N–H and O–H groups in total. The molecule has 0 radical (unpaired) electrons. The van der Waals surface area contributed by atoms with Crippen LogP contribution in [0.3, 0.4) is 0 Å². The molecular weight excluding hydrogens is 318 g/mol. The van der Waals surface area contributed by atoms with Gasteiger partial charge >= 0.3 is 5.97 Å². The number of ether oxygens (including phenoxy) is 2. The molecule has 2 aromatic rings. The summed E-state index contributed by atoms with van der Waals surface area (Å²) in [5.41, 5.74) is -0.587. The summed E-state index contributed by atoms with van der Waals surface area (Å²) < 4.78 is 36.6. The molecule has 6 heteroatoms. The van der Waals surface area contributed by atoms with Crippen molar-refractivity contribution in [2.75, 3.05) is 6.61 Å². The molecule has 0 saturated heterocycles. The molecular formula is C18H18F2O4. The third kappa shape index (κ3) is 4.76. The van der Waals surface area contributed by atoms with Gasteiger partial charge in [0.2, 0.25) is 0 Å². The number of hydrogen-bond acceptors (Lipinski definition) is 4. The highest BCUT2D eigenvalue weighted by molar-refractivity contribution is 5.65. The van der Waals surface area contributed by atoms with Gasteiger partial charge in [0.1, 0.15) is 11.6 Å². The zero-order valence-electron chi connectivity index (χ0n) is 13.4. The third-order valence-electron chi connectivity index (χ3n) is 3.49. The SMILES string of the molecule is CC(=O)OCCC(C)(O)c1ccc(Oc2ccc(F)cc2F)cc1. The van der Waals surface area contributed by atoms with E-state index in [0.29, 0.717) is 11.3 Å². The molecule has 2 aromatic carbocycles. The predicted octanol–water partition coefficient (Wildman–Crippen LogP) is 3.92. The molecule has 1 atom stereocenters. The second kappa shape index (κ2) is 7.40. The van der Waals surface area contributed by atoms with Gasteiger partial charge in [0.05, 0.1) is 12.2 Å². The number of aliphatic hydroxyl groups is 1. The van der Waals surface area contributed by atoms with E-state index in [-0.39, 0.29) is 18.8 Å². The van der Waals surface area contributed by atoms with E-state index >= 15 is 0 Å². The van der Waals surface area contributed by atoms with Crippen molar-refractivity contribution in [3.63, 3.8) is 0 Å². The normalized spacial score (nSPS) is 13.2. The van der Waals surface area contributed by atoms with E-state index in [1.54, 1.807) is 31.2 Å². The van der Waals surface area contributed by atoms with Gasteiger partial charge in [-0.1, -0.05) is 12.1 Å². The number of carbonyl (C=O) groups excluding carboxylic acids is 1. The van der Waals surface area contributed by atoms with Crippen LogP contribution in [0.2, 0.25) is 0 Å². The van der Waals surface area contributed by atoms with Crippen molar-refractivity contribution in [2.45, 2.75) is 25.9 Å². The molecule has 24 heavy (non-hydrogen) atoms. The quantitative estimate of drug-likeness (QED) is 0.813. The lowest BCUT2D eigenvalue weighted by Gasteiger charge is -2.23. The Morgan fingerprint density at radius 2 is 1.83 bits per heavy atom. The number of halogens is 2. The van der Waals surface area contributed by atoms with Gasteiger partial charge in [-0.15, -0.1) is 0 Å². The van der Waals surface area contributed by atoms with Crippen LogP contribution in [0.4, 0.5) is 8.78 Å². The Hall–Kier alpha value is -2.47. The second-order valence-electron chi connectivity index (χ2n) is 5.57. The highest BCUT2D eigenvalue weighted by Crippen LogP contribution is 2.29. The number of benzene rings is 2. The van der Waals surface area contributed by atoms with Crippen LogP contribution in [0.25, 0.3) is 0 Å². The first-order chi connectivity index (χ1) is 11.3. The molecule has 0 aliphatic carbocycles. The van der Waals surface area contributed by atoms with E-state index in [1.807, 2.05) is 0 Å². The molecule has 128 valence electrons. The summed E-state index contributed by atoms with van der Waals surface area (Å²) in [5, 5.41) is 10.4. The Kier molecular flexibility index (Phi) is 5.51. The van der Waals surface area contributed by atoms with Crippen molar-refractivity contribution >= 4 is 5.97 Å². The van der Waals surface area contributed by atoms with Crippen LogP contribution in [-0.2, 0) is 15.1 Å². The molecule has 0 aliphatic rings. The van der Waals surface area contributed by atoms with Gasteiger partial charge in [0.15, 0.2) is 11.6 Å². The number of carbonyl (C=O) groups is 1. The highest BCUT2D eigenvalue weighted by Gasteiger charge is 2.23. The summed E-state index contributed by atoms with van der Waals surface area (Å²) in [6, 6.07) is 9.44. The lowest BCUT2D eigenvalue weighted by Crippen LogP contribution is -2.23. The Labute approximate surface area is 138 Å². The monoisotopic (exact) mass is 336 g/mol. The third-order valence-corrected chi connectivity index (χ3v) is 3.49. The van der Waals surface area contributed by atoms with Crippen molar-refractivity contribution in [1.82, 2.24) is 0 Å². The van der Waals surface area contributed by atoms with Crippen molar-refractivity contribution < 1.29 is 28.2 Å². The minimum Gasteiger partial charge on any atom is -0.466 e. The summed E-state index contributed by atoms with van der Waals surface area (Å²) in [6.45, 7) is 3.00. The summed E-state index contributed by atoms with van der Waals surface area (Å²) in [6.07, 6.45) is 0.235. The molecule has 0 bridgehead atoms.